The number of halogens is 2. The molecule has 0 aliphatic heterocycles. The van der Waals surface area contributed by atoms with Crippen LogP contribution in [0.3, 0.4) is 0 Å². The van der Waals surface area contributed by atoms with Gasteiger partial charge in [-0.3, -0.25) is 0 Å². The molecule has 0 bridgehead atoms. The Morgan fingerprint density at radius 1 is 1.60 bits per heavy atom. The van der Waals surface area contributed by atoms with Gasteiger partial charge in [0.05, 0.1) is 0 Å². The first-order valence-corrected chi connectivity index (χ1v) is 2.77. The molecular weight excluding hydrogens is 174 g/mol. The van der Waals surface area contributed by atoms with Crippen molar-refractivity contribution in [3.8, 4) is 0 Å². The van der Waals surface area contributed by atoms with Crippen LogP contribution in [0.1, 0.15) is 0 Å². The molecule has 0 fully saturated rings. The van der Waals surface area contributed by atoms with E-state index in [2.05, 4.69) is 3.73 Å². The predicted molar refractivity (Wildman–Crippen MR) is 25.1 cm³/mol. The van der Waals surface area contributed by atoms with Crippen molar-refractivity contribution in [2.75, 3.05) is 0 Å². The first-order chi connectivity index (χ1) is 2.27. The van der Waals surface area contributed by atoms with Crippen LogP contribution in [0, 0.1) is 0 Å². The zero-order valence-corrected chi connectivity index (χ0v) is 6.25. The number of rotatable bonds is 1. The summed E-state index contributed by atoms with van der Waals surface area (Å²) in [5.74, 6) is 0. The minimum atomic E-state index is -0.644. The Kier molecular flexibility index (Phi) is 4.02. The monoisotopic (exact) mass is 176 g/mol. The normalized spacial score (nSPS) is 9.60. The Morgan fingerprint density at radius 3 is 1.80 bits per heavy atom. The summed E-state index contributed by atoms with van der Waals surface area (Å²) in [7, 11) is 0. The molecule has 0 N–H and O–H groups in total. The summed E-state index contributed by atoms with van der Waals surface area (Å²) < 4.78 is 4.34. The van der Waals surface area contributed by atoms with Crippen LogP contribution in [0.4, 0.5) is 0 Å². The first kappa shape index (κ1) is 6.10. The molecule has 0 aromatic carbocycles. The van der Waals surface area contributed by atoms with Crippen molar-refractivity contribution in [3.05, 3.63) is 0 Å². The van der Waals surface area contributed by atoms with Gasteiger partial charge in [-0.1, -0.05) is 0 Å². The second kappa shape index (κ2) is 3.29. The van der Waals surface area contributed by atoms with Gasteiger partial charge < -0.3 is 0 Å². The van der Waals surface area contributed by atoms with Crippen molar-refractivity contribution in [2.45, 2.75) is 5.02 Å². The Morgan fingerprint density at radius 2 is 1.80 bits per heavy atom. The van der Waals surface area contributed by atoms with E-state index < -0.39 is 5.02 Å². The third kappa shape index (κ3) is 5.10. The molecule has 0 aromatic heterocycles. The van der Waals surface area contributed by atoms with E-state index in [0.717, 1.165) is 17.2 Å². The summed E-state index contributed by atoms with van der Waals surface area (Å²) in [5.41, 5.74) is 0. The van der Waals surface area contributed by atoms with Crippen LogP contribution in [0.5, 0.6) is 0 Å². The molecule has 0 saturated heterocycles. The van der Waals surface area contributed by atoms with Gasteiger partial charge in [0.1, 0.15) is 0 Å². The second-order valence-electron chi connectivity index (χ2n) is 0.397. The van der Waals surface area contributed by atoms with E-state index in [1.807, 2.05) is 0 Å². The van der Waals surface area contributed by atoms with Gasteiger partial charge in [0.2, 0.25) is 0 Å². The molecule has 5 heavy (non-hydrogen) atoms. The molecule has 0 aliphatic carbocycles. The van der Waals surface area contributed by atoms with Crippen LogP contribution in [0.25, 0.3) is 0 Å². The van der Waals surface area contributed by atoms with Gasteiger partial charge in [0, 0.05) is 0 Å². The average molecular weight is 177 g/mol. The maximum absolute atomic E-state index is 5.02. The van der Waals surface area contributed by atoms with Crippen LogP contribution in [0.2, 0.25) is 0 Å². The Hall–Kier alpha value is 1.10. The molecule has 0 radical (unpaired) electrons. The predicted octanol–water partition coefficient (Wildman–Crippen LogP) is 0.312. The molecule has 0 aromatic rings. The van der Waals surface area contributed by atoms with Gasteiger partial charge in [0.15, 0.2) is 0 Å². The van der Waals surface area contributed by atoms with Gasteiger partial charge in [-0.2, -0.15) is 0 Å². The molecule has 32 valence electrons. The molecule has 1 unspecified atom stereocenters. The van der Waals surface area contributed by atoms with Crippen LogP contribution in [-0.2, 0) is 3.73 Å². The van der Waals surface area contributed by atoms with Crippen molar-refractivity contribution in [1.82, 2.24) is 0 Å². The zero-order chi connectivity index (χ0) is 4.28. The average Bonchev–Trinajstić information content (AvgIpc) is 1.38. The molecule has 0 saturated carbocycles. The van der Waals surface area contributed by atoms with E-state index in [0.29, 0.717) is 0 Å². The van der Waals surface area contributed by atoms with Crippen molar-refractivity contribution < 1.29 is 3.73 Å². The summed E-state index contributed by atoms with van der Waals surface area (Å²) in [5, 5.41) is -0.644. The van der Waals surface area contributed by atoms with Crippen LogP contribution >= 0.6 is 23.2 Å². The Labute approximate surface area is 49.4 Å². The Balaban J connectivity index is 2.54. The third-order valence-corrected chi connectivity index (χ3v) is 1.60. The van der Waals surface area contributed by atoms with Gasteiger partial charge in [-0.15, -0.1) is 0 Å². The molecule has 0 heterocycles. The summed E-state index contributed by atoms with van der Waals surface area (Å²) in [6.07, 6.45) is 0. The summed E-state index contributed by atoms with van der Waals surface area (Å²) in [6.45, 7) is 0. The number of hydrogen-bond donors (Lipinski definition) is 0. The summed E-state index contributed by atoms with van der Waals surface area (Å²) in [6, 6.07) is 0. The van der Waals surface area contributed by atoms with Crippen molar-refractivity contribution in [2.24, 2.45) is 0 Å². The second-order valence-corrected chi connectivity index (χ2v) is 1.98. The molecule has 1 nitrogen and oxygen atoms in total. The fraction of sp³-hybridized carbons (Fsp3) is 1.00. The molecule has 4 heteroatoms. The van der Waals surface area contributed by atoms with E-state index in [1.165, 1.54) is 0 Å². The van der Waals surface area contributed by atoms with E-state index in [1.54, 1.807) is 0 Å². The van der Waals surface area contributed by atoms with Crippen molar-refractivity contribution >= 4 is 40.4 Å². The van der Waals surface area contributed by atoms with Crippen molar-refractivity contribution in [3.63, 3.8) is 0 Å². The van der Waals surface area contributed by atoms with Gasteiger partial charge in [0.25, 0.3) is 0 Å². The fourth-order valence-corrected chi connectivity index (χ4v) is 0. The minimum absolute atomic E-state index is 0.644. The van der Waals surface area contributed by atoms with E-state index in [4.69, 9.17) is 23.2 Å². The Bertz CT molecular complexity index is 23.6. The van der Waals surface area contributed by atoms with Crippen LogP contribution in [0.15, 0.2) is 0 Å². The SMILES string of the molecule is ClC(Cl)O[AsH2]. The van der Waals surface area contributed by atoms with Crippen LogP contribution in [-0.4, -0.2) is 22.2 Å². The molecular formula is CH3AsCl2O. The molecule has 0 rings (SSSR count). The molecule has 0 spiro atoms. The summed E-state index contributed by atoms with van der Waals surface area (Å²) in [4.78, 5) is 0. The zero-order valence-electron chi connectivity index (χ0n) is 2.32. The van der Waals surface area contributed by atoms with E-state index in [9.17, 15) is 0 Å². The van der Waals surface area contributed by atoms with Crippen LogP contribution < -0.4 is 0 Å². The molecule has 0 aliphatic rings. The van der Waals surface area contributed by atoms with Gasteiger partial charge in [-0.05, 0) is 0 Å². The standard InChI is InChI=1S/CH3AsCl2O/c2-5-1(3)4/h1H,2H2. The first-order valence-electron chi connectivity index (χ1n) is 0.908. The maximum atomic E-state index is 5.02. The van der Waals surface area contributed by atoms with Gasteiger partial charge in [-0.25, -0.2) is 0 Å². The summed E-state index contributed by atoms with van der Waals surface area (Å²) >= 11 is 11.1. The number of hydrogen-bond acceptors (Lipinski definition) is 1. The van der Waals surface area contributed by atoms with Gasteiger partial charge >= 0.3 is 49.1 Å². The van der Waals surface area contributed by atoms with E-state index in [-0.39, 0.29) is 0 Å². The fourth-order valence-electron chi connectivity index (χ4n) is 0. The molecule has 0 amide bonds. The third-order valence-electron chi connectivity index (χ3n) is 0.103. The van der Waals surface area contributed by atoms with E-state index >= 15 is 0 Å². The number of alkyl halides is 2. The topological polar surface area (TPSA) is 9.23 Å². The molecule has 1 atom stereocenters. The quantitative estimate of drug-likeness (QED) is 0.413. The van der Waals surface area contributed by atoms with Crippen molar-refractivity contribution in [1.29, 1.82) is 0 Å².